The predicted molar refractivity (Wildman–Crippen MR) is 91.5 cm³/mol. The summed E-state index contributed by atoms with van der Waals surface area (Å²) < 4.78 is 0. The Bertz CT molecular complexity index is 374. The Kier molecular flexibility index (Phi) is 7.95. The molecule has 0 aliphatic heterocycles. The summed E-state index contributed by atoms with van der Waals surface area (Å²) in [7, 11) is 0. The maximum absolute atomic E-state index is 2.45. The van der Waals surface area contributed by atoms with Crippen LogP contribution in [0.5, 0.6) is 0 Å². The third kappa shape index (κ3) is 4.96. The van der Waals surface area contributed by atoms with Crippen LogP contribution in [0.1, 0.15) is 88.8 Å². The molecule has 20 heavy (non-hydrogen) atoms. The van der Waals surface area contributed by atoms with E-state index in [4.69, 9.17) is 0 Å². The molecule has 114 valence electrons. The van der Waals surface area contributed by atoms with Crippen LogP contribution in [0.15, 0.2) is 18.2 Å². The molecule has 0 nitrogen and oxygen atoms in total. The molecule has 1 unspecified atom stereocenters. The van der Waals surface area contributed by atoms with E-state index in [9.17, 15) is 0 Å². The minimum atomic E-state index is 0.742. The Hall–Kier alpha value is -0.780. The van der Waals surface area contributed by atoms with Gasteiger partial charge in [-0.05, 0) is 54.7 Å². The summed E-state index contributed by atoms with van der Waals surface area (Å²) >= 11 is 0. The van der Waals surface area contributed by atoms with Crippen LogP contribution in [-0.2, 0) is 6.42 Å². The third-order valence-corrected chi connectivity index (χ3v) is 4.83. The molecule has 0 N–H and O–H groups in total. The fourth-order valence-electron chi connectivity index (χ4n) is 3.33. The number of aryl methyl sites for hydroxylation is 1. The van der Waals surface area contributed by atoms with Crippen LogP contribution in [0.25, 0.3) is 0 Å². The van der Waals surface area contributed by atoms with E-state index < -0.39 is 0 Å². The standard InChI is InChI=1S/C20H34/c1-6-10-11-17(7-2)15-18-12-13-20(16(5)14-18)19(8-3)9-4/h12-14,17,19H,6-11,15H2,1-5H3. The summed E-state index contributed by atoms with van der Waals surface area (Å²) in [6.07, 6.45) is 9.18. The van der Waals surface area contributed by atoms with Gasteiger partial charge >= 0.3 is 0 Å². The van der Waals surface area contributed by atoms with Crippen LogP contribution in [0.2, 0.25) is 0 Å². The molecule has 0 amide bonds. The van der Waals surface area contributed by atoms with Gasteiger partial charge in [-0.15, -0.1) is 0 Å². The predicted octanol–water partition coefficient (Wildman–Crippen LogP) is 6.66. The van der Waals surface area contributed by atoms with Gasteiger partial charge in [0.25, 0.3) is 0 Å². The molecule has 0 radical (unpaired) electrons. The first-order chi connectivity index (χ1) is 9.65. The molecule has 0 heterocycles. The second-order valence-electron chi connectivity index (χ2n) is 6.32. The van der Waals surface area contributed by atoms with Gasteiger partial charge in [-0.3, -0.25) is 0 Å². The van der Waals surface area contributed by atoms with Crippen molar-refractivity contribution in [1.82, 2.24) is 0 Å². The lowest BCUT2D eigenvalue weighted by molar-refractivity contribution is 0.449. The molecule has 0 aliphatic rings. The Labute approximate surface area is 127 Å². The Morgan fingerprint density at radius 3 is 2.15 bits per heavy atom. The topological polar surface area (TPSA) is 0 Å². The van der Waals surface area contributed by atoms with E-state index in [0.717, 1.165) is 11.8 Å². The minimum absolute atomic E-state index is 0.742. The zero-order valence-corrected chi connectivity index (χ0v) is 14.3. The van der Waals surface area contributed by atoms with Crippen molar-refractivity contribution in [2.45, 2.75) is 85.5 Å². The lowest BCUT2D eigenvalue weighted by Crippen LogP contribution is -2.05. The first-order valence-corrected chi connectivity index (χ1v) is 8.75. The van der Waals surface area contributed by atoms with Crippen molar-refractivity contribution in [3.63, 3.8) is 0 Å². The molecular formula is C20H34. The van der Waals surface area contributed by atoms with Crippen LogP contribution in [0.3, 0.4) is 0 Å². The molecule has 0 saturated heterocycles. The molecule has 1 aromatic rings. The maximum atomic E-state index is 2.45. The summed E-state index contributed by atoms with van der Waals surface area (Å²) in [6, 6.07) is 7.23. The normalized spacial score (nSPS) is 12.9. The number of hydrogen-bond acceptors (Lipinski definition) is 0. The Balaban J connectivity index is 2.75. The van der Waals surface area contributed by atoms with Crippen LogP contribution >= 0.6 is 0 Å². The summed E-state index contributed by atoms with van der Waals surface area (Å²) in [5.74, 6) is 1.61. The second kappa shape index (κ2) is 9.21. The van der Waals surface area contributed by atoms with Crippen molar-refractivity contribution in [3.8, 4) is 0 Å². The monoisotopic (exact) mass is 274 g/mol. The molecule has 0 fully saturated rings. The second-order valence-corrected chi connectivity index (χ2v) is 6.32. The van der Waals surface area contributed by atoms with E-state index in [1.165, 1.54) is 50.5 Å². The molecule has 1 atom stereocenters. The molecule has 0 saturated carbocycles. The molecule has 0 bridgehead atoms. The van der Waals surface area contributed by atoms with Gasteiger partial charge in [0.2, 0.25) is 0 Å². The largest absolute Gasteiger partial charge is 0.0654 e. The molecule has 1 aromatic carbocycles. The zero-order chi connectivity index (χ0) is 15.0. The van der Waals surface area contributed by atoms with Crippen molar-refractivity contribution in [1.29, 1.82) is 0 Å². The molecule has 0 heteroatoms. The van der Waals surface area contributed by atoms with Crippen LogP contribution < -0.4 is 0 Å². The van der Waals surface area contributed by atoms with Gasteiger partial charge in [0, 0.05) is 0 Å². The van der Waals surface area contributed by atoms with Crippen molar-refractivity contribution in [2.75, 3.05) is 0 Å². The van der Waals surface area contributed by atoms with Crippen molar-refractivity contribution in [2.24, 2.45) is 5.92 Å². The van der Waals surface area contributed by atoms with E-state index in [-0.39, 0.29) is 0 Å². The number of hydrogen-bond donors (Lipinski definition) is 0. The average molecular weight is 274 g/mol. The highest BCUT2D eigenvalue weighted by molar-refractivity contribution is 5.33. The van der Waals surface area contributed by atoms with E-state index >= 15 is 0 Å². The quantitative estimate of drug-likeness (QED) is 0.472. The van der Waals surface area contributed by atoms with E-state index in [2.05, 4.69) is 52.8 Å². The van der Waals surface area contributed by atoms with E-state index in [0.29, 0.717) is 0 Å². The smallest absolute Gasteiger partial charge is 0.0165 e. The van der Waals surface area contributed by atoms with Crippen molar-refractivity contribution < 1.29 is 0 Å². The maximum Gasteiger partial charge on any atom is -0.0165 e. The molecule has 0 aromatic heterocycles. The van der Waals surface area contributed by atoms with Gasteiger partial charge in [0.1, 0.15) is 0 Å². The van der Waals surface area contributed by atoms with Crippen LogP contribution in [0, 0.1) is 12.8 Å². The van der Waals surface area contributed by atoms with Crippen LogP contribution in [-0.4, -0.2) is 0 Å². The van der Waals surface area contributed by atoms with Gasteiger partial charge < -0.3 is 0 Å². The summed E-state index contributed by atoms with van der Waals surface area (Å²) in [5.41, 5.74) is 4.61. The van der Waals surface area contributed by atoms with Gasteiger partial charge in [0.15, 0.2) is 0 Å². The first-order valence-electron chi connectivity index (χ1n) is 8.75. The van der Waals surface area contributed by atoms with Crippen molar-refractivity contribution in [3.05, 3.63) is 34.9 Å². The average Bonchev–Trinajstić information content (AvgIpc) is 2.46. The number of benzene rings is 1. The highest BCUT2D eigenvalue weighted by atomic mass is 14.2. The number of unbranched alkanes of at least 4 members (excludes halogenated alkanes) is 1. The van der Waals surface area contributed by atoms with Crippen LogP contribution in [0.4, 0.5) is 0 Å². The van der Waals surface area contributed by atoms with Crippen molar-refractivity contribution >= 4 is 0 Å². The fraction of sp³-hybridized carbons (Fsp3) is 0.700. The minimum Gasteiger partial charge on any atom is -0.0654 e. The first kappa shape index (κ1) is 17.3. The molecule has 1 rings (SSSR count). The summed E-state index contributed by atoms with van der Waals surface area (Å²) in [4.78, 5) is 0. The van der Waals surface area contributed by atoms with Gasteiger partial charge in [0.05, 0.1) is 0 Å². The molecule has 0 aliphatic carbocycles. The molecule has 0 spiro atoms. The summed E-state index contributed by atoms with van der Waals surface area (Å²) in [5, 5.41) is 0. The van der Waals surface area contributed by atoms with Gasteiger partial charge in [-0.25, -0.2) is 0 Å². The van der Waals surface area contributed by atoms with E-state index in [1.54, 1.807) is 11.1 Å². The highest BCUT2D eigenvalue weighted by Gasteiger charge is 2.12. The Morgan fingerprint density at radius 2 is 1.65 bits per heavy atom. The highest BCUT2D eigenvalue weighted by Crippen LogP contribution is 2.28. The van der Waals surface area contributed by atoms with Gasteiger partial charge in [-0.1, -0.05) is 71.6 Å². The third-order valence-electron chi connectivity index (χ3n) is 4.83. The molecular weight excluding hydrogens is 240 g/mol. The zero-order valence-electron chi connectivity index (χ0n) is 14.3. The fourth-order valence-corrected chi connectivity index (χ4v) is 3.33. The lowest BCUT2D eigenvalue weighted by Gasteiger charge is -2.19. The SMILES string of the molecule is CCCCC(CC)Cc1ccc(C(CC)CC)c(C)c1. The lowest BCUT2D eigenvalue weighted by atomic mass is 9.87. The van der Waals surface area contributed by atoms with Gasteiger partial charge in [-0.2, -0.15) is 0 Å². The Morgan fingerprint density at radius 1 is 0.950 bits per heavy atom. The van der Waals surface area contributed by atoms with E-state index in [1.807, 2.05) is 0 Å². The number of rotatable bonds is 9. The summed E-state index contributed by atoms with van der Waals surface area (Å²) in [6.45, 7) is 11.5.